The number of hydrogen-bond acceptors (Lipinski definition) is 4. The Hall–Kier alpha value is -2.04. The molecule has 96 valence electrons. The fourth-order valence-corrected chi connectivity index (χ4v) is 1.90. The third-order valence-electron chi connectivity index (χ3n) is 2.81. The number of nitrogens with zero attached hydrogens (tertiary/aromatic N) is 3. The van der Waals surface area contributed by atoms with Crippen molar-refractivity contribution >= 4 is 11.5 Å². The van der Waals surface area contributed by atoms with Gasteiger partial charge in [0.1, 0.15) is 5.82 Å². The number of aryl methyl sites for hydroxylation is 2. The van der Waals surface area contributed by atoms with Gasteiger partial charge in [0.2, 0.25) is 0 Å². The zero-order chi connectivity index (χ0) is 13.0. The summed E-state index contributed by atoms with van der Waals surface area (Å²) in [7, 11) is 1.90. The Balaban J connectivity index is 2.10. The van der Waals surface area contributed by atoms with Crippen LogP contribution in [0.25, 0.3) is 0 Å². The van der Waals surface area contributed by atoms with E-state index in [1.54, 1.807) is 10.9 Å². The summed E-state index contributed by atoms with van der Waals surface area (Å²) in [6.45, 7) is 2.77. The molecule has 0 aromatic carbocycles. The molecule has 0 atom stereocenters. The van der Waals surface area contributed by atoms with E-state index >= 15 is 0 Å². The molecule has 2 rings (SSSR count). The molecule has 0 aliphatic heterocycles. The van der Waals surface area contributed by atoms with Crippen molar-refractivity contribution in [3.63, 3.8) is 0 Å². The van der Waals surface area contributed by atoms with Crippen molar-refractivity contribution in [1.29, 1.82) is 0 Å². The van der Waals surface area contributed by atoms with E-state index in [0.717, 1.165) is 35.7 Å². The van der Waals surface area contributed by atoms with Crippen LogP contribution in [0.1, 0.15) is 24.7 Å². The minimum atomic E-state index is 0.649. The highest BCUT2D eigenvalue weighted by Gasteiger charge is 2.12. The molecule has 0 saturated carbocycles. The molecule has 0 unspecified atom stereocenters. The monoisotopic (exact) mass is 245 g/mol. The topological polar surface area (TPSA) is 68.8 Å². The largest absolute Gasteiger partial charge is 0.394 e. The lowest BCUT2D eigenvalue weighted by Gasteiger charge is -2.07. The van der Waals surface area contributed by atoms with Crippen LogP contribution in [-0.4, -0.2) is 14.8 Å². The van der Waals surface area contributed by atoms with Crippen molar-refractivity contribution in [3.05, 3.63) is 35.8 Å². The number of nitrogens with one attached hydrogen (secondary N) is 1. The first kappa shape index (κ1) is 12.4. The number of rotatable bonds is 5. The van der Waals surface area contributed by atoms with Crippen LogP contribution in [0, 0.1) is 0 Å². The molecule has 2 aromatic rings. The Labute approximate surface area is 107 Å². The molecular formula is C13H19N5. The summed E-state index contributed by atoms with van der Waals surface area (Å²) in [6.07, 6.45) is 3.73. The van der Waals surface area contributed by atoms with E-state index in [9.17, 15) is 0 Å². The summed E-state index contributed by atoms with van der Waals surface area (Å²) < 4.78 is 1.79. The summed E-state index contributed by atoms with van der Waals surface area (Å²) in [4.78, 5) is 4.26. The number of hydrogen-bond donors (Lipinski definition) is 2. The molecule has 0 aliphatic carbocycles. The van der Waals surface area contributed by atoms with Crippen molar-refractivity contribution in [2.45, 2.75) is 26.3 Å². The van der Waals surface area contributed by atoms with Crippen LogP contribution in [-0.2, 0) is 20.0 Å². The first-order valence-corrected chi connectivity index (χ1v) is 6.17. The quantitative estimate of drug-likeness (QED) is 0.845. The van der Waals surface area contributed by atoms with Gasteiger partial charge >= 0.3 is 0 Å². The molecule has 18 heavy (non-hydrogen) atoms. The van der Waals surface area contributed by atoms with Gasteiger partial charge in [-0.25, -0.2) is 0 Å². The Morgan fingerprint density at radius 2 is 2.22 bits per heavy atom. The number of pyridine rings is 1. The Bertz CT molecular complexity index is 504. The zero-order valence-corrected chi connectivity index (χ0v) is 10.8. The van der Waals surface area contributed by atoms with Crippen LogP contribution in [0.5, 0.6) is 0 Å². The number of nitrogens with two attached hydrogens (primary N) is 1. The summed E-state index contributed by atoms with van der Waals surface area (Å²) in [5.74, 6) is 0.865. The van der Waals surface area contributed by atoms with Gasteiger partial charge < -0.3 is 11.1 Å². The highest BCUT2D eigenvalue weighted by atomic mass is 15.3. The lowest BCUT2D eigenvalue weighted by Crippen LogP contribution is -2.07. The van der Waals surface area contributed by atoms with Gasteiger partial charge in [0.05, 0.1) is 23.6 Å². The van der Waals surface area contributed by atoms with E-state index in [0.29, 0.717) is 6.54 Å². The van der Waals surface area contributed by atoms with Gasteiger partial charge in [-0.3, -0.25) is 9.67 Å². The molecule has 0 saturated heterocycles. The van der Waals surface area contributed by atoms with Gasteiger partial charge in [0.25, 0.3) is 0 Å². The molecule has 0 fully saturated rings. The summed E-state index contributed by atoms with van der Waals surface area (Å²) >= 11 is 0. The summed E-state index contributed by atoms with van der Waals surface area (Å²) in [6, 6.07) is 5.85. The van der Waals surface area contributed by atoms with Crippen LogP contribution in [0.3, 0.4) is 0 Å². The third kappa shape index (κ3) is 2.61. The molecule has 2 heterocycles. The zero-order valence-electron chi connectivity index (χ0n) is 10.8. The SMILES string of the molecule is CCCc1nn(C)c(NCc2ccccn2)c1N. The summed E-state index contributed by atoms with van der Waals surface area (Å²) in [5, 5.41) is 7.71. The average Bonchev–Trinajstić information content (AvgIpc) is 2.64. The lowest BCUT2D eigenvalue weighted by molar-refractivity contribution is 0.734. The van der Waals surface area contributed by atoms with E-state index in [-0.39, 0.29) is 0 Å². The van der Waals surface area contributed by atoms with Crippen molar-refractivity contribution < 1.29 is 0 Å². The Morgan fingerprint density at radius 1 is 1.39 bits per heavy atom. The second-order valence-corrected chi connectivity index (χ2v) is 4.26. The van der Waals surface area contributed by atoms with E-state index in [4.69, 9.17) is 5.73 Å². The van der Waals surface area contributed by atoms with Crippen molar-refractivity contribution in [2.75, 3.05) is 11.1 Å². The average molecular weight is 245 g/mol. The van der Waals surface area contributed by atoms with Crippen molar-refractivity contribution in [1.82, 2.24) is 14.8 Å². The number of nitrogen functional groups attached to an aromatic ring is 1. The van der Waals surface area contributed by atoms with E-state index in [1.165, 1.54) is 0 Å². The fourth-order valence-electron chi connectivity index (χ4n) is 1.90. The Kier molecular flexibility index (Phi) is 3.82. The molecule has 0 amide bonds. The highest BCUT2D eigenvalue weighted by molar-refractivity contribution is 5.65. The predicted octanol–water partition coefficient (Wildman–Crippen LogP) is 1.96. The first-order valence-electron chi connectivity index (χ1n) is 6.17. The second-order valence-electron chi connectivity index (χ2n) is 4.26. The lowest BCUT2D eigenvalue weighted by atomic mass is 10.2. The van der Waals surface area contributed by atoms with Crippen LogP contribution < -0.4 is 11.1 Å². The van der Waals surface area contributed by atoms with Gasteiger partial charge in [-0.15, -0.1) is 0 Å². The smallest absolute Gasteiger partial charge is 0.148 e. The maximum Gasteiger partial charge on any atom is 0.148 e. The third-order valence-corrected chi connectivity index (χ3v) is 2.81. The molecule has 5 heteroatoms. The molecule has 0 bridgehead atoms. The molecule has 0 aliphatic rings. The van der Waals surface area contributed by atoms with Crippen LogP contribution in [0.4, 0.5) is 11.5 Å². The van der Waals surface area contributed by atoms with Gasteiger partial charge in [-0.1, -0.05) is 19.4 Å². The molecular weight excluding hydrogens is 226 g/mol. The van der Waals surface area contributed by atoms with Crippen molar-refractivity contribution in [3.8, 4) is 0 Å². The van der Waals surface area contributed by atoms with Gasteiger partial charge in [0.15, 0.2) is 0 Å². The number of anilines is 2. The predicted molar refractivity (Wildman–Crippen MR) is 73.2 cm³/mol. The molecule has 3 N–H and O–H groups in total. The van der Waals surface area contributed by atoms with Crippen LogP contribution >= 0.6 is 0 Å². The van der Waals surface area contributed by atoms with Gasteiger partial charge in [-0.2, -0.15) is 5.10 Å². The normalized spacial score (nSPS) is 10.6. The minimum absolute atomic E-state index is 0.649. The highest BCUT2D eigenvalue weighted by Crippen LogP contribution is 2.23. The van der Waals surface area contributed by atoms with Crippen LogP contribution in [0.15, 0.2) is 24.4 Å². The van der Waals surface area contributed by atoms with E-state index < -0.39 is 0 Å². The van der Waals surface area contributed by atoms with Gasteiger partial charge in [0, 0.05) is 13.2 Å². The van der Waals surface area contributed by atoms with Crippen molar-refractivity contribution in [2.24, 2.45) is 7.05 Å². The maximum absolute atomic E-state index is 6.09. The van der Waals surface area contributed by atoms with Gasteiger partial charge in [-0.05, 0) is 18.6 Å². The number of aromatic nitrogens is 3. The molecule has 0 radical (unpaired) electrons. The maximum atomic E-state index is 6.09. The minimum Gasteiger partial charge on any atom is -0.394 e. The first-order chi connectivity index (χ1) is 8.72. The Morgan fingerprint density at radius 3 is 2.89 bits per heavy atom. The molecule has 2 aromatic heterocycles. The standard InChI is InChI=1S/C13H19N5/c1-3-6-11-12(14)13(18(2)17-11)16-9-10-7-4-5-8-15-10/h4-5,7-8,16H,3,6,9,14H2,1-2H3. The van der Waals surface area contributed by atoms with E-state index in [2.05, 4.69) is 22.3 Å². The molecule has 0 spiro atoms. The second kappa shape index (κ2) is 5.53. The summed E-state index contributed by atoms with van der Waals surface area (Å²) in [5.41, 5.74) is 8.78. The fraction of sp³-hybridized carbons (Fsp3) is 0.385. The van der Waals surface area contributed by atoms with Crippen LogP contribution in [0.2, 0.25) is 0 Å². The van der Waals surface area contributed by atoms with E-state index in [1.807, 2.05) is 25.2 Å². The molecule has 5 nitrogen and oxygen atoms in total.